The molecule has 3 aromatic rings. The quantitative estimate of drug-likeness (QED) is 0.277. The van der Waals surface area contributed by atoms with Crippen molar-refractivity contribution >= 4 is 50.7 Å². The van der Waals surface area contributed by atoms with Crippen molar-refractivity contribution in [3.63, 3.8) is 0 Å². The van der Waals surface area contributed by atoms with Crippen LogP contribution in [0, 0.1) is 0 Å². The molecule has 3 aromatic carbocycles. The fourth-order valence-corrected chi connectivity index (χ4v) is 2.17. The van der Waals surface area contributed by atoms with Gasteiger partial charge in [0.25, 0.3) is 0 Å². The molecule has 0 heterocycles. The minimum atomic E-state index is 0. The molecule has 0 saturated heterocycles. The molecule has 0 aliphatic carbocycles. The summed E-state index contributed by atoms with van der Waals surface area (Å²) < 4.78 is 0. The summed E-state index contributed by atoms with van der Waals surface area (Å²) in [7, 11) is 0. The monoisotopic (exact) mass is 339 g/mol. The molecule has 0 aromatic heterocycles. The molecule has 9 heteroatoms. The lowest BCUT2D eigenvalue weighted by molar-refractivity contribution is 0.447. The molecular formula is C16H18B3O6. The summed E-state index contributed by atoms with van der Waals surface area (Å²) in [6.45, 7) is 3.86. The Labute approximate surface area is 148 Å². The third kappa shape index (κ3) is 8.00. The van der Waals surface area contributed by atoms with Crippen LogP contribution in [0.5, 0.6) is 0 Å². The molecule has 0 amide bonds. The first kappa shape index (κ1) is 22.9. The minimum Gasteiger partial charge on any atom is -0.429 e. The number of benzene rings is 3. The van der Waals surface area contributed by atoms with Crippen molar-refractivity contribution in [2.45, 2.75) is 0 Å². The molecule has 0 aliphatic heterocycles. The lowest BCUT2D eigenvalue weighted by atomic mass is 10.00. The Morgan fingerprint density at radius 1 is 0.640 bits per heavy atom. The van der Waals surface area contributed by atoms with E-state index in [-0.39, 0.29) is 23.1 Å². The van der Waals surface area contributed by atoms with Crippen LogP contribution in [-0.2, 0) is 0 Å². The summed E-state index contributed by atoms with van der Waals surface area (Å²) in [5.74, 6) is 0. The van der Waals surface area contributed by atoms with Gasteiger partial charge in [-0.25, -0.2) is 0 Å². The van der Waals surface area contributed by atoms with E-state index in [0.717, 1.165) is 0 Å². The SMILES string of the molecule is C=Cc1cccc2cc3ccccc3cc12.O[B]O.O[B]O.O[B]O. The van der Waals surface area contributed by atoms with Crippen LogP contribution in [0.3, 0.4) is 0 Å². The summed E-state index contributed by atoms with van der Waals surface area (Å²) in [4.78, 5) is 0. The van der Waals surface area contributed by atoms with Crippen LogP contribution in [-0.4, -0.2) is 53.2 Å². The van der Waals surface area contributed by atoms with E-state index in [1.807, 2.05) is 6.08 Å². The summed E-state index contributed by atoms with van der Waals surface area (Å²) in [5.41, 5.74) is 1.20. The van der Waals surface area contributed by atoms with Gasteiger partial charge < -0.3 is 30.1 Å². The molecular weight excluding hydrogens is 321 g/mol. The Balaban J connectivity index is 0.000000545. The van der Waals surface area contributed by atoms with Crippen LogP contribution in [0.15, 0.2) is 61.2 Å². The predicted octanol–water partition coefficient (Wildman–Crippen LogP) is 0.152. The van der Waals surface area contributed by atoms with Crippen LogP contribution < -0.4 is 0 Å². The molecule has 0 spiro atoms. The van der Waals surface area contributed by atoms with E-state index in [2.05, 4.69) is 61.2 Å². The van der Waals surface area contributed by atoms with Gasteiger partial charge in [-0.1, -0.05) is 55.1 Å². The topological polar surface area (TPSA) is 121 Å². The van der Waals surface area contributed by atoms with Gasteiger partial charge in [-0.3, -0.25) is 0 Å². The lowest BCUT2D eigenvalue weighted by Gasteiger charge is -2.04. The van der Waals surface area contributed by atoms with Crippen LogP contribution in [0.1, 0.15) is 5.56 Å². The lowest BCUT2D eigenvalue weighted by Crippen LogP contribution is -1.79. The molecule has 0 bridgehead atoms. The van der Waals surface area contributed by atoms with Crippen molar-refractivity contribution in [2.75, 3.05) is 0 Å². The van der Waals surface area contributed by atoms with Crippen molar-refractivity contribution in [2.24, 2.45) is 0 Å². The van der Waals surface area contributed by atoms with Crippen molar-refractivity contribution in [3.05, 3.63) is 66.7 Å². The van der Waals surface area contributed by atoms with E-state index in [0.29, 0.717) is 0 Å². The van der Waals surface area contributed by atoms with E-state index in [1.54, 1.807) is 0 Å². The van der Waals surface area contributed by atoms with E-state index in [1.165, 1.54) is 27.1 Å². The van der Waals surface area contributed by atoms with E-state index in [9.17, 15) is 0 Å². The number of hydrogen-bond donors (Lipinski definition) is 6. The third-order valence-electron chi connectivity index (χ3n) is 3.00. The molecule has 0 aliphatic rings. The molecule has 25 heavy (non-hydrogen) atoms. The van der Waals surface area contributed by atoms with E-state index < -0.39 is 0 Å². The van der Waals surface area contributed by atoms with Gasteiger partial charge in [0.2, 0.25) is 0 Å². The van der Waals surface area contributed by atoms with Crippen LogP contribution in [0.25, 0.3) is 27.6 Å². The van der Waals surface area contributed by atoms with Crippen LogP contribution in [0.2, 0.25) is 0 Å². The van der Waals surface area contributed by atoms with Crippen molar-refractivity contribution in [1.29, 1.82) is 0 Å². The van der Waals surface area contributed by atoms with Gasteiger partial charge in [-0.05, 0) is 39.2 Å². The summed E-state index contributed by atoms with van der Waals surface area (Å²) in [6.07, 6.45) is 1.91. The average Bonchev–Trinajstić information content (AvgIpc) is 2.61. The van der Waals surface area contributed by atoms with Gasteiger partial charge in [0.15, 0.2) is 0 Å². The van der Waals surface area contributed by atoms with Crippen molar-refractivity contribution < 1.29 is 30.1 Å². The second-order valence-electron chi connectivity index (χ2n) is 4.32. The highest BCUT2D eigenvalue weighted by Crippen LogP contribution is 2.25. The molecule has 0 unspecified atom stereocenters. The maximum atomic E-state index is 7.00. The smallest absolute Gasteiger partial charge is 0.429 e. The van der Waals surface area contributed by atoms with Crippen molar-refractivity contribution in [3.8, 4) is 0 Å². The fourth-order valence-electron chi connectivity index (χ4n) is 2.17. The Bertz CT molecular complexity index is 749. The predicted molar refractivity (Wildman–Crippen MR) is 102 cm³/mol. The molecule has 6 N–H and O–H groups in total. The largest absolute Gasteiger partial charge is 0.482 e. The Morgan fingerprint density at radius 2 is 1.08 bits per heavy atom. The van der Waals surface area contributed by atoms with Gasteiger partial charge in [0, 0.05) is 0 Å². The fraction of sp³-hybridized carbons (Fsp3) is 0. The minimum absolute atomic E-state index is 0. The number of fused-ring (bicyclic) bond motifs is 2. The molecule has 0 fully saturated rings. The Morgan fingerprint density at radius 3 is 1.56 bits per heavy atom. The standard InChI is InChI=1S/C16H12.3BH2O2/c1-2-12-8-5-9-15-10-13-6-3-4-7-14(13)11-16(12)15;3*2-1-3/h2-11H,1H2;3*2-3H. The first-order valence-corrected chi connectivity index (χ1v) is 6.97. The summed E-state index contributed by atoms with van der Waals surface area (Å²) >= 11 is 0. The first-order chi connectivity index (χ1) is 12.1. The second-order valence-corrected chi connectivity index (χ2v) is 4.32. The summed E-state index contributed by atoms with van der Waals surface area (Å²) in [6, 6.07) is 19.2. The zero-order chi connectivity index (χ0) is 19.1. The van der Waals surface area contributed by atoms with Gasteiger partial charge >= 0.3 is 23.1 Å². The highest BCUT2D eigenvalue weighted by atomic mass is 16.4. The molecule has 3 rings (SSSR count). The van der Waals surface area contributed by atoms with Gasteiger partial charge in [-0.2, -0.15) is 0 Å². The number of hydrogen-bond acceptors (Lipinski definition) is 6. The maximum Gasteiger partial charge on any atom is 0.482 e. The molecule has 0 atom stereocenters. The Hall–Kier alpha value is -2.13. The van der Waals surface area contributed by atoms with E-state index >= 15 is 0 Å². The van der Waals surface area contributed by atoms with Gasteiger partial charge in [0.1, 0.15) is 0 Å². The van der Waals surface area contributed by atoms with Crippen LogP contribution >= 0.6 is 0 Å². The van der Waals surface area contributed by atoms with E-state index in [4.69, 9.17) is 30.1 Å². The highest BCUT2D eigenvalue weighted by Gasteiger charge is 1.99. The normalized spacial score (nSPS) is 8.56. The third-order valence-corrected chi connectivity index (χ3v) is 3.00. The molecule has 0 saturated carbocycles. The first-order valence-electron chi connectivity index (χ1n) is 6.97. The maximum absolute atomic E-state index is 7.00. The second kappa shape index (κ2) is 14.2. The van der Waals surface area contributed by atoms with Crippen molar-refractivity contribution in [1.82, 2.24) is 0 Å². The Kier molecular flexibility index (Phi) is 13.0. The number of rotatable bonds is 1. The molecule has 6 nitrogen and oxygen atoms in total. The molecule has 127 valence electrons. The summed E-state index contributed by atoms with van der Waals surface area (Å²) in [5, 5.41) is 47.1. The highest BCUT2D eigenvalue weighted by molar-refractivity contribution is 6.13. The zero-order valence-electron chi connectivity index (χ0n) is 13.4. The van der Waals surface area contributed by atoms with Crippen LogP contribution in [0.4, 0.5) is 0 Å². The molecule has 3 radical (unpaired) electrons. The van der Waals surface area contributed by atoms with Gasteiger partial charge in [0.05, 0.1) is 0 Å². The zero-order valence-corrected chi connectivity index (χ0v) is 13.4. The van der Waals surface area contributed by atoms with Gasteiger partial charge in [-0.15, -0.1) is 0 Å². The average molecular weight is 339 g/mol.